The van der Waals surface area contributed by atoms with Gasteiger partial charge in [-0.2, -0.15) is 0 Å². The molecule has 2 aliphatic heterocycles. The van der Waals surface area contributed by atoms with Gasteiger partial charge in [-0.05, 0) is 26.2 Å². The molecular formula is C48H90NO15P. The van der Waals surface area contributed by atoms with Gasteiger partial charge in [-0.3, -0.25) is 18.9 Å². The molecule has 0 aromatic carbocycles. The quantitative estimate of drug-likeness (QED) is 0.0193. The number of hydrogen-bond acceptors (Lipinski definition) is 13. The smallest absolute Gasteiger partial charge is 0.457 e. The fraction of sp³-hybridized carbons (Fsp3) is 0.938. The van der Waals surface area contributed by atoms with Gasteiger partial charge in [0.25, 0.3) is 0 Å². The van der Waals surface area contributed by atoms with Crippen molar-refractivity contribution in [2.24, 2.45) is 0 Å². The van der Waals surface area contributed by atoms with Gasteiger partial charge in [-0.25, -0.2) is 4.57 Å². The Hall–Kier alpha value is -1.72. The number of aliphatic hydroxyl groups is 3. The van der Waals surface area contributed by atoms with Crippen molar-refractivity contribution in [3.05, 3.63) is 0 Å². The molecule has 0 aliphatic carbocycles. The average Bonchev–Trinajstić information content (AvgIpc) is 3.26. The Labute approximate surface area is 390 Å². The number of rotatable bonds is 38. The number of phosphoric ester groups is 1. The van der Waals surface area contributed by atoms with Crippen molar-refractivity contribution in [3.63, 3.8) is 0 Å². The van der Waals surface area contributed by atoms with Crippen molar-refractivity contribution >= 4 is 25.7 Å². The second-order valence-electron chi connectivity index (χ2n) is 18.4. The second kappa shape index (κ2) is 35.4. The maximum absolute atomic E-state index is 13.7. The van der Waals surface area contributed by atoms with Crippen molar-refractivity contribution in [2.45, 2.75) is 282 Å². The van der Waals surface area contributed by atoms with E-state index >= 15 is 0 Å². The highest BCUT2D eigenvalue weighted by atomic mass is 31.2. The minimum absolute atomic E-state index is 0.0284. The van der Waals surface area contributed by atoms with Crippen molar-refractivity contribution in [1.82, 2.24) is 5.32 Å². The van der Waals surface area contributed by atoms with E-state index in [-0.39, 0.29) is 19.3 Å². The van der Waals surface area contributed by atoms with E-state index in [2.05, 4.69) is 26.1 Å². The fourth-order valence-corrected chi connectivity index (χ4v) is 9.04. The van der Waals surface area contributed by atoms with Crippen molar-refractivity contribution in [3.8, 4) is 0 Å². The maximum atomic E-state index is 13.7. The first kappa shape index (κ1) is 59.4. The Bertz CT molecular complexity index is 1310. The molecule has 1 amide bonds. The highest BCUT2D eigenvalue weighted by Gasteiger charge is 2.54. The van der Waals surface area contributed by atoms with E-state index in [1.54, 1.807) is 0 Å². The number of carbonyl (C=O) groups is 3. The summed E-state index contributed by atoms with van der Waals surface area (Å²) in [6.45, 7) is 7.35. The second-order valence-corrected chi connectivity index (χ2v) is 19.6. The lowest BCUT2D eigenvalue weighted by Gasteiger charge is -2.46. The summed E-state index contributed by atoms with van der Waals surface area (Å²) in [4.78, 5) is 61.2. The lowest BCUT2D eigenvalue weighted by atomic mass is 9.95. The van der Waals surface area contributed by atoms with Gasteiger partial charge in [-0.1, -0.05) is 175 Å². The third-order valence-electron chi connectivity index (χ3n) is 12.5. The molecule has 2 aliphatic rings. The van der Waals surface area contributed by atoms with Crippen molar-refractivity contribution in [2.75, 3.05) is 6.61 Å². The van der Waals surface area contributed by atoms with Gasteiger partial charge in [0.1, 0.15) is 36.6 Å². The zero-order chi connectivity index (χ0) is 47.9. The third kappa shape index (κ3) is 26.0. The first-order valence-electron chi connectivity index (χ1n) is 25.6. The number of hydrogen-bond donors (Lipinski definition) is 6. The van der Waals surface area contributed by atoms with Crippen LogP contribution in [0, 0.1) is 0 Å². The summed E-state index contributed by atoms with van der Waals surface area (Å²) in [7, 11) is -5.37. The molecule has 10 atom stereocenters. The molecule has 0 spiro atoms. The van der Waals surface area contributed by atoms with Gasteiger partial charge in [0.05, 0.1) is 12.7 Å². The predicted molar refractivity (Wildman–Crippen MR) is 247 cm³/mol. The predicted octanol–water partition coefficient (Wildman–Crippen LogP) is 8.74. The highest BCUT2D eigenvalue weighted by Crippen LogP contribution is 2.43. The Morgan fingerprint density at radius 2 is 0.938 bits per heavy atom. The minimum Gasteiger partial charge on any atom is -0.457 e. The maximum Gasteiger partial charge on any atom is 0.470 e. The molecule has 17 heteroatoms. The highest BCUT2D eigenvalue weighted by molar-refractivity contribution is 7.46. The van der Waals surface area contributed by atoms with E-state index in [0.29, 0.717) is 19.3 Å². The van der Waals surface area contributed by atoms with Crippen LogP contribution in [-0.4, -0.2) is 111 Å². The largest absolute Gasteiger partial charge is 0.470 e. The van der Waals surface area contributed by atoms with Crippen LogP contribution in [0.25, 0.3) is 0 Å². The first-order chi connectivity index (χ1) is 31.2. The fourth-order valence-electron chi connectivity index (χ4n) is 8.47. The lowest BCUT2D eigenvalue weighted by molar-refractivity contribution is -0.313. The van der Waals surface area contributed by atoms with Gasteiger partial charge < -0.3 is 54.1 Å². The van der Waals surface area contributed by atoms with Gasteiger partial charge in [0.15, 0.2) is 12.4 Å². The number of carbonyl (C=O) groups excluding carboxylic acids is 3. The topological polar surface area (TPSA) is 237 Å². The van der Waals surface area contributed by atoms with Crippen LogP contribution in [0.2, 0.25) is 0 Å². The van der Waals surface area contributed by atoms with Crippen molar-refractivity contribution in [1.29, 1.82) is 0 Å². The summed E-state index contributed by atoms with van der Waals surface area (Å²) in [6.07, 6.45) is 13.8. The Morgan fingerprint density at radius 1 is 0.523 bits per heavy atom. The van der Waals surface area contributed by atoms with Gasteiger partial charge in [-0.15, -0.1) is 0 Å². The molecule has 0 bridgehead atoms. The van der Waals surface area contributed by atoms with Crippen LogP contribution in [0.1, 0.15) is 220 Å². The number of nitrogens with one attached hydrogen (secondary N) is 1. The number of ether oxygens (including phenoxy) is 5. The van der Waals surface area contributed by atoms with Crippen LogP contribution in [0.3, 0.4) is 0 Å². The van der Waals surface area contributed by atoms with E-state index in [4.69, 9.17) is 28.2 Å². The SMILES string of the molecule is CCCCCCCCCCCC(=O)N[C@H]1[C@H](OC(=O)CCCCCCCCCCC)O[C@H](CO[C@@H]2O[C@@H](C)[C@H](O)[C@@H](O)[C@H]2O)[C@@H](OP(=O)(O)O)[C@@H]1OC(=O)CCCCCCCCCCC. The summed E-state index contributed by atoms with van der Waals surface area (Å²) in [5.74, 6) is -1.83. The Morgan fingerprint density at radius 3 is 1.38 bits per heavy atom. The number of amides is 1. The number of unbranched alkanes of at least 4 members (excludes halogenated alkanes) is 24. The molecule has 2 fully saturated rings. The molecule has 2 heterocycles. The molecule has 2 saturated heterocycles. The zero-order valence-corrected chi connectivity index (χ0v) is 41.4. The zero-order valence-electron chi connectivity index (χ0n) is 40.5. The minimum atomic E-state index is -5.37. The molecule has 0 radical (unpaired) electrons. The van der Waals surface area contributed by atoms with E-state index in [0.717, 1.165) is 83.5 Å². The summed E-state index contributed by atoms with van der Waals surface area (Å²) < 4.78 is 47.4. The van der Waals surface area contributed by atoms with Gasteiger partial charge >= 0.3 is 19.8 Å². The molecule has 0 saturated carbocycles. The molecule has 382 valence electrons. The summed E-state index contributed by atoms with van der Waals surface area (Å²) in [6, 6.07) is -1.44. The third-order valence-corrected chi connectivity index (χ3v) is 13.0. The van der Waals surface area contributed by atoms with Crippen LogP contribution in [-0.2, 0) is 47.2 Å². The summed E-state index contributed by atoms with van der Waals surface area (Å²) >= 11 is 0. The number of aliphatic hydroxyl groups excluding tert-OH is 3. The van der Waals surface area contributed by atoms with Crippen LogP contribution in [0.15, 0.2) is 0 Å². The monoisotopic (exact) mass is 952 g/mol. The molecule has 0 unspecified atom stereocenters. The summed E-state index contributed by atoms with van der Waals surface area (Å²) in [5.41, 5.74) is 0. The molecule has 6 N–H and O–H groups in total. The van der Waals surface area contributed by atoms with Crippen LogP contribution < -0.4 is 5.32 Å². The standard InChI is InChI=1S/C48H90NO15P/c1-5-8-11-14-17-20-23-26-29-32-38(50)49-41-46(62-39(51)33-30-27-24-21-18-15-12-9-6-2)45(64-65(56,57)58)37(35-59-48-44(55)43(54)42(53)36(4)60-48)61-47(41)63-40(52)34-31-28-25-22-19-16-13-10-7-3/h36-37,41-48,53-55H,5-35H2,1-4H3,(H,49,50)(H2,56,57,58)/t36-,37+,41+,42-,43+,44+,45+,46+,47-,48+/m0/s1. The lowest BCUT2D eigenvalue weighted by Crippen LogP contribution is -2.67. The Balaban J connectivity index is 2.33. The molecular weight excluding hydrogens is 861 g/mol. The van der Waals surface area contributed by atoms with E-state index in [1.165, 1.54) is 77.6 Å². The summed E-state index contributed by atoms with van der Waals surface area (Å²) in [5, 5.41) is 34.1. The van der Waals surface area contributed by atoms with Gasteiger partial charge in [0, 0.05) is 19.3 Å². The van der Waals surface area contributed by atoms with Crippen LogP contribution >= 0.6 is 7.82 Å². The van der Waals surface area contributed by atoms with E-state index < -0.39 is 93.6 Å². The normalized spacial score (nSPS) is 25.9. The molecule has 0 aromatic rings. The molecule has 2 rings (SSSR count). The molecule has 65 heavy (non-hydrogen) atoms. The first-order valence-corrected chi connectivity index (χ1v) is 27.1. The van der Waals surface area contributed by atoms with E-state index in [1.807, 2.05) is 0 Å². The molecule has 0 aromatic heterocycles. The number of esters is 2. The van der Waals surface area contributed by atoms with Crippen molar-refractivity contribution < 1.29 is 72.3 Å². The van der Waals surface area contributed by atoms with Crippen LogP contribution in [0.4, 0.5) is 0 Å². The van der Waals surface area contributed by atoms with Crippen LogP contribution in [0.5, 0.6) is 0 Å². The number of phosphoric acid groups is 1. The Kier molecular flexibility index (Phi) is 32.4. The van der Waals surface area contributed by atoms with Gasteiger partial charge in [0.2, 0.25) is 12.2 Å². The average molecular weight is 952 g/mol. The van der Waals surface area contributed by atoms with E-state index in [9.17, 15) is 44.1 Å². The molecule has 16 nitrogen and oxygen atoms in total.